The van der Waals surface area contributed by atoms with E-state index in [1.165, 1.54) is 24.0 Å². The molecule has 0 aliphatic heterocycles. The van der Waals surface area contributed by atoms with Crippen molar-refractivity contribution in [2.24, 2.45) is 0 Å². The van der Waals surface area contributed by atoms with E-state index < -0.39 is 0 Å². The van der Waals surface area contributed by atoms with E-state index >= 15 is 0 Å². The van der Waals surface area contributed by atoms with Gasteiger partial charge in [-0.1, -0.05) is 36.4 Å². The fraction of sp³-hybridized carbons (Fsp3) is 0.154. The van der Waals surface area contributed by atoms with Crippen LogP contribution in [0.15, 0.2) is 46.5 Å². The summed E-state index contributed by atoms with van der Waals surface area (Å²) < 4.78 is 0. The van der Waals surface area contributed by atoms with Crippen molar-refractivity contribution in [3.05, 3.63) is 57.7 Å². The van der Waals surface area contributed by atoms with Crippen LogP contribution in [-0.4, -0.2) is 19.5 Å². The molecule has 76 valence electrons. The van der Waals surface area contributed by atoms with Crippen LogP contribution >= 0.6 is 0 Å². The molecule has 2 aromatic rings. The molecule has 0 spiro atoms. The molecule has 3 rings (SSSR count). The molecule has 1 heterocycles. The molecule has 1 aliphatic carbocycles. The summed E-state index contributed by atoms with van der Waals surface area (Å²) in [4.78, 5) is 5.88. The maximum atomic E-state index is 3.81. The van der Waals surface area contributed by atoms with Crippen LogP contribution in [0.2, 0.25) is 0 Å². The van der Waals surface area contributed by atoms with Gasteiger partial charge in [0.15, 0.2) is 0 Å². The zero-order chi connectivity index (χ0) is 10.3. The second-order valence-electron chi connectivity index (χ2n) is 3.32. The third-order valence-corrected chi connectivity index (χ3v) is 3.38. The number of allylic oxidation sites excluding steroid dienone is 1. The van der Waals surface area contributed by atoms with Crippen molar-refractivity contribution in [3.63, 3.8) is 0 Å². The number of aryl methyl sites for hydroxylation is 1. The standard InChI is InChI=1S/C10H10.C3H3NSe/c1-2-6-10-8-4-3-7-9(10)5-1;1-2-5-3-4-1/h1-3,5-7H,4,8H2;1-3H. The van der Waals surface area contributed by atoms with Gasteiger partial charge in [0.1, 0.15) is 0 Å². The van der Waals surface area contributed by atoms with E-state index in [4.69, 9.17) is 0 Å². The number of rotatable bonds is 0. The molecule has 15 heavy (non-hydrogen) atoms. The van der Waals surface area contributed by atoms with Crippen LogP contribution in [-0.2, 0) is 6.42 Å². The van der Waals surface area contributed by atoms with Crippen LogP contribution in [0.1, 0.15) is 17.5 Å². The van der Waals surface area contributed by atoms with Crippen LogP contribution < -0.4 is 0 Å². The fourth-order valence-electron chi connectivity index (χ4n) is 1.55. The van der Waals surface area contributed by atoms with E-state index in [1.807, 2.05) is 11.3 Å². The molecule has 0 radical (unpaired) electrons. The van der Waals surface area contributed by atoms with Crippen LogP contribution in [0.4, 0.5) is 0 Å². The summed E-state index contributed by atoms with van der Waals surface area (Å²) >= 11 is 0.597. The molecule has 0 saturated heterocycles. The van der Waals surface area contributed by atoms with E-state index in [9.17, 15) is 0 Å². The number of nitrogens with zero attached hydrogens (tertiary/aromatic N) is 1. The summed E-state index contributed by atoms with van der Waals surface area (Å²) in [5.41, 5.74) is 2.89. The Morgan fingerprint density at radius 1 is 1.20 bits per heavy atom. The number of aromatic nitrogens is 1. The summed E-state index contributed by atoms with van der Waals surface area (Å²) in [5.74, 6) is 0. The van der Waals surface area contributed by atoms with Gasteiger partial charge < -0.3 is 0 Å². The number of benzene rings is 1. The summed E-state index contributed by atoms with van der Waals surface area (Å²) in [6.07, 6.45) is 8.70. The third kappa shape index (κ3) is 3.19. The molecule has 1 aromatic heterocycles. The quantitative estimate of drug-likeness (QED) is 0.665. The van der Waals surface area contributed by atoms with Crippen molar-refractivity contribution in [1.29, 1.82) is 0 Å². The third-order valence-electron chi connectivity index (χ3n) is 2.28. The summed E-state index contributed by atoms with van der Waals surface area (Å²) in [5, 5.41) is 1.94. The van der Waals surface area contributed by atoms with Gasteiger partial charge >= 0.3 is 35.7 Å². The second-order valence-corrected chi connectivity index (χ2v) is 4.90. The van der Waals surface area contributed by atoms with Crippen molar-refractivity contribution < 1.29 is 0 Å². The van der Waals surface area contributed by atoms with Crippen LogP contribution in [0, 0.1) is 0 Å². The first-order valence-corrected chi connectivity index (χ1v) is 7.01. The van der Waals surface area contributed by atoms with Crippen molar-refractivity contribution in [2.75, 3.05) is 0 Å². The van der Waals surface area contributed by atoms with Gasteiger partial charge in [-0.2, -0.15) is 0 Å². The Kier molecular flexibility index (Phi) is 3.95. The van der Waals surface area contributed by atoms with Gasteiger partial charge in [0.25, 0.3) is 0 Å². The maximum absolute atomic E-state index is 3.81. The summed E-state index contributed by atoms with van der Waals surface area (Å²) in [6, 6.07) is 8.58. The first-order chi connectivity index (χ1) is 7.47. The molecule has 2 heteroatoms. The Labute approximate surface area is 96.2 Å². The average Bonchev–Trinajstić information content (AvgIpc) is 2.88. The van der Waals surface area contributed by atoms with Gasteiger partial charge in [0, 0.05) is 0 Å². The van der Waals surface area contributed by atoms with Crippen molar-refractivity contribution in [3.8, 4) is 0 Å². The predicted molar refractivity (Wildman–Crippen MR) is 65.0 cm³/mol. The topological polar surface area (TPSA) is 12.9 Å². The predicted octanol–water partition coefficient (Wildman–Crippen LogP) is 2.78. The first-order valence-electron chi connectivity index (χ1n) is 5.03. The molecule has 0 unspecified atom stereocenters. The zero-order valence-electron chi connectivity index (χ0n) is 8.47. The molecule has 0 bridgehead atoms. The molecule has 1 nitrogen and oxygen atoms in total. The Morgan fingerprint density at radius 3 is 2.80 bits per heavy atom. The van der Waals surface area contributed by atoms with Gasteiger partial charge in [0.05, 0.1) is 0 Å². The van der Waals surface area contributed by atoms with Gasteiger partial charge in [-0.05, 0) is 24.0 Å². The average molecular weight is 262 g/mol. The SMILES string of the molecule is C1=Cc2ccccc2CC1.c1c[se]cn1. The molecule has 0 N–H and O–H groups in total. The minimum absolute atomic E-state index is 0.597. The molecule has 1 aliphatic rings. The minimum atomic E-state index is 0.597. The van der Waals surface area contributed by atoms with E-state index in [1.54, 1.807) is 0 Å². The monoisotopic (exact) mass is 263 g/mol. The van der Waals surface area contributed by atoms with Crippen LogP contribution in [0.5, 0.6) is 0 Å². The molecule has 1 aromatic carbocycles. The van der Waals surface area contributed by atoms with Crippen molar-refractivity contribution in [2.45, 2.75) is 12.8 Å². The van der Waals surface area contributed by atoms with E-state index in [0.717, 1.165) is 0 Å². The fourth-order valence-corrected chi connectivity index (χ4v) is 2.29. The van der Waals surface area contributed by atoms with Gasteiger partial charge in [-0.25, -0.2) is 0 Å². The summed E-state index contributed by atoms with van der Waals surface area (Å²) in [7, 11) is 0. The molecular weight excluding hydrogens is 249 g/mol. The second kappa shape index (κ2) is 5.69. The van der Waals surface area contributed by atoms with Crippen molar-refractivity contribution >= 4 is 20.6 Å². The normalized spacial score (nSPS) is 12.5. The molecular formula is C13H13NSe. The van der Waals surface area contributed by atoms with Gasteiger partial charge in [-0.3, -0.25) is 0 Å². The molecule has 0 fully saturated rings. The first kappa shape index (κ1) is 10.4. The number of fused-ring (bicyclic) bond motifs is 1. The van der Waals surface area contributed by atoms with Crippen LogP contribution in [0.3, 0.4) is 0 Å². The molecule has 0 amide bonds. The van der Waals surface area contributed by atoms with E-state index in [-0.39, 0.29) is 0 Å². The van der Waals surface area contributed by atoms with Gasteiger partial charge in [0.2, 0.25) is 0 Å². The molecule has 0 atom stereocenters. The number of hydrogen-bond donors (Lipinski definition) is 0. The zero-order valence-corrected chi connectivity index (χ0v) is 10.2. The van der Waals surface area contributed by atoms with Gasteiger partial charge in [-0.15, -0.1) is 0 Å². The number of hydrogen-bond acceptors (Lipinski definition) is 1. The van der Waals surface area contributed by atoms with Crippen LogP contribution in [0.25, 0.3) is 6.08 Å². The van der Waals surface area contributed by atoms with E-state index in [2.05, 4.69) is 46.3 Å². The van der Waals surface area contributed by atoms with E-state index in [0.29, 0.717) is 14.5 Å². The Balaban J connectivity index is 0.000000144. The Morgan fingerprint density at radius 2 is 2.13 bits per heavy atom. The Bertz CT molecular complexity index is 401. The molecule has 0 saturated carbocycles. The Hall–Kier alpha value is -1.11. The van der Waals surface area contributed by atoms with Crippen molar-refractivity contribution in [1.82, 2.24) is 4.98 Å². The summed E-state index contributed by atoms with van der Waals surface area (Å²) in [6.45, 7) is 0.